The Balaban J connectivity index is 0.00000280. The van der Waals surface area contributed by atoms with Crippen LogP contribution in [0.2, 0.25) is 0 Å². The number of amides is 1. The van der Waals surface area contributed by atoms with Gasteiger partial charge < -0.3 is 4.90 Å². The molecule has 0 N–H and O–H groups in total. The van der Waals surface area contributed by atoms with Crippen LogP contribution in [-0.2, 0) is 0 Å². The van der Waals surface area contributed by atoms with Gasteiger partial charge in [-0.25, -0.2) is 4.98 Å². The van der Waals surface area contributed by atoms with Gasteiger partial charge in [0.1, 0.15) is 0 Å². The van der Waals surface area contributed by atoms with Crippen molar-refractivity contribution in [1.29, 1.82) is 0 Å². The number of halogens is 1. The zero-order valence-electron chi connectivity index (χ0n) is 16.9. The van der Waals surface area contributed by atoms with Gasteiger partial charge in [-0.05, 0) is 51.2 Å². The second kappa shape index (κ2) is 10.0. The van der Waals surface area contributed by atoms with Crippen LogP contribution in [0.4, 0.5) is 5.13 Å². The number of anilines is 1. The fourth-order valence-corrected chi connectivity index (χ4v) is 4.28. The van der Waals surface area contributed by atoms with Crippen LogP contribution in [-0.4, -0.2) is 42.0 Å². The highest BCUT2D eigenvalue weighted by atomic mass is 35.5. The quantitative estimate of drug-likeness (QED) is 0.521. The highest BCUT2D eigenvalue weighted by Gasteiger charge is 2.22. The molecule has 3 rings (SSSR count). The molecule has 0 radical (unpaired) electrons. The molecule has 0 bridgehead atoms. The molecular weight excluding hydrogens is 390 g/mol. The number of hydrogen-bond donors (Lipinski definition) is 0. The Bertz CT molecular complexity index is 883. The average molecular weight is 418 g/mol. The predicted molar refractivity (Wildman–Crippen MR) is 122 cm³/mol. The summed E-state index contributed by atoms with van der Waals surface area (Å²) in [6, 6.07) is 14.1. The number of para-hydroxylation sites is 1. The van der Waals surface area contributed by atoms with E-state index in [4.69, 9.17) is 4.98 Å². The molecule has 0 saturated heterocycles. The lowest BCUT2D eigenvalue weighted by Gasteiger charge is -2.25. The molecule has 0 spiro atoms. The summed E-state index contributed by atoms with van der Waals surface area (Å²) in [5.41, 5.74) is 3.88. The van der Waals surface area contributed by atoms with Gasteiger partial charge in [-0.2, -0.15) is 0 Å². The number of aryl methyl sites for hydroxylation is 2. The maximum absolute atomic E-state index is 13.4. The zero-order chi connectivity index (χ0) is 19.4. The lowest BCUT2D eigenvalue weighted by Crippen LogP contribution is -2.39. The van der Waals surface area contributed by atoms with Crippen molar-refractivity contribution >= 4 is 45.0 Å². The van der Waals surface area contributed by atoms with E-state index in [-0.39, 0.29) is 18.3 Å². The molecule has 1 heterocycles. The molecule has 2 aromatic carbocycles. The summed E-state index contributed by atoms with van der Waals surface area (Å²) in [4.78, 5) is 22.3. The third kappa shape index (κ3) is 5.10. The van der Waals surface area contributed by atoms with Crippen LogP contribution >= 0.6 is 23.7 Å². The van der Waals surface area contributed by atoms with Crippen molar-refractivity contribution in [2.75, 3.05) is 31.1 Å². The minimum Gasteiger partial charge on any atom is -0.302 e. The summed E-state index contributed by atoms with van der Waals surface area (Å²) in [6.45, 7) is 11.8. The van der Waals surface area contributed by atoms with Gasteiger partial charge in [0, 0.05) is 18.7 Å². The Kier molecular flexibility index (Phi) is 7.98. The summed E-state index contributed by atoms with van der Waals surface area (Å²) in [7, 11) is 0. The minimum absolute atomic E-state index is 0. The van der Waals surface area contributed by atoms with Crippen LogP contribution in [0, 0.1) is 13.8 Å². The first-order chi connectivity index (χ1) is 13.0. The lowest BCUT2D eigenvalue weighted by molar-refractivity contribution is 0.0983. The first kappa shape index (κ1) is 22.3. The van der Waals surface area contributed by atoms with E-state index < -0.39 is 0 Å². The van der Waals surface area contributed by atoms with E-state index in [1.807, 2.05) is 49.1 Å². The van der Waals surface area contributed by atoms with Crippen molar-refractivity contribution in [3.05, 3.63) is 59.2 Å². The number of carbonyl (C=O) groups is 1. The van der Waals surface area contributed by atoms with Crippen molar-refractivity contribution in [1.82, 2.24) is 9.88 Å². The Morgan fingerprint density at radius 2 is 1.64 bits per heavy atom. The van der Waals surface area contributed by atoms with Gasteiger partial charge >= 0.3 is 0 Å². The van der Waals surface area contributed by atoms with Crippen LogP contribution in [0.3, 0.4) is 0 Å². The maximum atomic E-state index is 13.4. The molecule has 0 aliphatic rings. The molecule has 0 aliphatic heterocycles. The number of fused-ring (bicyclic) bond motifs is 1. The summed E-state index contributed by atoms with van der Waals surface area (Å²) in [5.74, 6) is 0.0213. The van der Waals surface area contributed by atoms with Crippen LogP contribution in [0.5, 0.6) is 0 Å². The summed E-state index contributed by atoms with van der Waals surface area (Å²) in [5, 5.41) is 0.771. The summed E-state index contributed by atoms with van der Waals surface area (Å²) < 4.78 is 1.11. The zero-order valence-corrected chi connectivity index (χ0v) is 18.6. The highest BCUT2D eigenvalue weighted by molar-refractivity contribution is 7.22. The molecule has 1 amide bonds. The van der Waals surface area contributed by atoms with Gasteiger partial charge in [0.2, 0.25) is 0 Å². The molecule has 1 aromatic heterocycles. The van der Waals surface area contributed by atoms with Crippen molar-refractivity contribution in [3.63, 3.8) is 0 Å². The standard InChI is InChI=1S/C22H27N3OS.ClH/c1-5-24(6-2)11-12-25(21(26)18-14-16(3)13-17(4)15-18)22-23-19-9-7-8-10-20(19)27-22;/h7-10,13-15H,5-6,11-12H2,1-4H3;1H. The molecular formula is C22H28ClN3OS. The van der Waals surface area contributed by atoms with E-state index in [2.05, 4.69) is 30.9 Å². The molecule has 4 nitrogen and oxygen atoms in total. The second-order valence-corrected chi connectivity index (χ2v) is 7.83. The highest BCUT2D eigenvalue weighted by Crippen LogP contribution is 2.29. The van der Waals surface area contributed by atoms with Gasteiger partial charge in [0.25, 0.3) is 5.91 Å². The largest absolute Gasteiger partial charge is 0.302 e. The SMILES string of the molecule is CCN(CC)CCN(C(=O)c1cc(C)cc(C)c1)c1nc2ccccc2s1.Cl. The number of carbonyl (C=O) groups excluding carboxylic acids is 1. The Labute approximate surface area is 177 Å². The normalized spacial score (nSPS) is 10.9. The van der Waals surface area contributed by atoms with Gasteiger partial charge in [-0.3, -0.25) is 9.69 Å². The number of aromatic nitrogens is 1. The number of thiazole rings is 1. The smallest absolute Gasteiger partial charge is 0.260 e. The minimum atomic E-state index is 0. The Hall–Kier alpha value is -1.95. The van der Waals surface area contributed by atoms with E-state index in [9.17, 15) is 4.79 Å². The topological polar surface area (TPSA) is 36.4 Å². The monoisotopic (exact) mass is 417 g/mol. The van der Waals surface area contributed by atoms with Gasteiger partial charge in [0.05, 0.1) is 10.2 Å². The molecule has 150 valence electrons. The van der Waals surface area contributed by atoms with E-state index in [0.29, 0.717) is 6.54 Å². The molecule has 0 atom stereocenters. The molecule has 3 aromatic rings. The van der Waals surface area contributed by atoms with E-state index in [1.54, 1.807) is 11.3 Å². The Morgan fingerprint density at radius 3 is 2.25 bits per heavy atom. The first-order valence-corrected chi connectivity index (χ1v) is 10.3. The van der Waals surface area contributed by atoms with Crippen molar-refractivity contribution in [2.24, 2.45) is 0 Å². The summed E-state index contributed by atoms with van der Waals surface area (Å²) >= 11 is 1.58. The number of rotatable bonds is 7. The molecule has 6 heteroatoms. The lowest BCUT2D eigenvalue weighted by atomic mass is 10.1. The third-order valence-corrected chi connectivity index (χ3v) is 5.82. The molecule has 0 unspecified atom stereocenters. The molecule has 0 aliphatic carbocycles. The van der Waals surface area contributed by atoms with E-state index in [1.165, 1.54) is 0 Å². The number of nitrogens with zero attached hydrogens (tertiary/aromatic N) is 3. The van der Waals surface area contributed by atoms with Crippen molar-refractivity contribution in [2.45, 2.75) is 27.7 Å². The fraction of sp³-hybridized carbons (Fsp3) is 0.364. The first-order valence-electron chi connectivity index (χ1n) is 9.50. The van der Waals surface area contributed by atoms with Crippen molar-refractivity contribution < 1.29 is 4.79 Å². The van der Waals surface area contributed by atoms with Gasteiger partial charge in [0.15, 0.2) is 5.13 Å². The maximum Gasteiger partial charge on any atom is 0.260 e. The van der Waals surface area contributed by atoms with Crippen molar-refractivity contribution in [3.8, 4) is 0 Å². The van der Waals surface area contributed by atoms with Crippen LogP contribution in [0.1, 0.15) is 35.3 Å². The van der Waals surface area contributed by atoms with E-state index in [0.717, 1.165) is 51.7 Å². The van der Waals surface area contributed by atoms with E-state index >= 15 is 0 Å². The molecule has 0 fully saturated rings. The third-order valence-electron chi connectivity index (χ3n) is 4.76. The number of hydrogen-bond acceptors (Lipinski definition) is 4. The second-order valence-electron chi connectivity index (χ2n) is 6.82. The van der Waals surface area contributed by atoms with Gasteiger partial charge in [-0.15, -0.1) is 12.4 Å². The Morgan fingerprint density at radius 1 is 1.00 bits per heavy atom. The molecule has 28 heavy (non-hydrogen) atoms. The van der Waals surface area contributed by atoms with Crippen LogP contribution in [0.25, 0.3) is 10.2 Å². The molecule has 0 saturated carbocycles. The predicted octanol–water partition coefficient (Wildman–Crippen LogP) is 5.32. The average Bonchev–Trinajstić information content (AvgIpc) is 3.08. The summed E-state index contributed by atoms with van der Waals surface area (Å²) in [6.07, 6.45) is 0. The van der Waals surface area contributed by atoms with Crippen LogP contribution in [0.15, 0.2) is 42.5 Å². The van der Waals surface area contributed by atoms with Crippen LogP contribution < -0.4 is 4.90 Å². The number of benzene rings is 2. The number of likely N-dealkylation sites (N-methyl/N-ethyl adjacent to an activating group) is 1. The fourth-order valence-electron chi connectivity index (χ4n) is 3.29. The van der Waals surface area contributed by atoms with Gasteiger partial charge in [-0.1, -0.05) is 54.5 Å².